The topological polar surface area (TPSA) is 21.3 Å². The Labute approximate surface area is 118 Å². The van der Waals surface area contributed by atoms with Crippen molar-refractivity contribution in [2.24, 2.45) is 11.8 Å². The Kier molecular flexibility index (Phi) is 4.19. The van der Waals surface area contributed by atoms with Gasteiger partial charge in [-0.25, -0.2) is 0 Å². The van der Waals surface area contributed by atoms with Crippen molar-refractivity contribution < 1.29 is 4.74 Å². The van der Waals surface area contributed by atoms with E-state index in [4.69, 9.17) is 4.74 Å². The van der Waals surface area contributed by atoms with E-state index >= 15 is 0 Å². The van der Waals surface area contributed by atoms with Crippen LogP contribution >= 0.6 is 0 Å². The molecular weight excluding hydrogens is 234 g/mol. The average Bonchev–Trinajstić information content (AvgIpc) is 2.43. The van der Waals surface area contributed by atoms with Crippen LogP contribution in [0.2, 0.25) is 0 Å². The van der Waals surface area contributed by atoms with Gasteiger partial charge in [-0.15, -0.1) is 0 Å². The zero-order valence-electron chi connectivity index (χ0n) is 12.8. The highest BCUT2D eigenvalue weighted by Crippen LogP contribution is 2.41. The van der Waals surface area contributed by atoms with E-state index in [-0.39, 0.29) is 5.60 Å². The second-order valence-electron chi connectivity index (χ2n) is 7.48. The molecule has 0 aromatic carbocycles. The van der Waals surface area contributed by atoms with Crippen molar-refractivity contribution in [3.63, 3.8) is 0 Å². The van der Waals surface area contributed by atoms with Crippen molar-refractivity contribution in [1.29, 1.82) is 0 Å². The molecule has 1 N–H and O–H groups in total. The molecule has 3 aliphatic rings. The highest BCUT2D eigenvalue weighted by atomic mass is 16.5. The second kappa shape index (κ2) is 5.73. The van der Waals surface area contributed by atoms with Gasteiger partial charge in [0.1, 0.15) is 0 Å². The highest BCUT2D eigenvalue weighted by molar-refractivity contribution is 4.98. The van der Waals surface area contributed by atoms with Gasteiger partial charge in [0.05, 0.1) is 11.7 Å². The molecule has 1 saturated heterocycles. The lowest BCUT2D eigenvalue weighted by atomic mass is 9.75. The summed E-state index contributed by atoms with van der Waals surface area (Å²) < 4.78 is 6.63. The minimum absolute atomic E-state index is 0.200. The lowest BCUT2D eigenvalue weighted by Gasteiger charge is -2.51. The Morgan fingerprint density at radius 3 is 2.68 bits per heavy atom. The highest BCUT2D eigenvalue weighted by Gasteiger charge is 2.44. The SMILES string of the molecule is CCCC1CCC2OC3(CCC(C)CC3)CNC2C1. The third-order valence-corrected chi connectivity index (χ3v) is 5.87. The number of morpholine rings is 1. The van der Waals surface area contributed by atoms with Gasteiger partial charge < -0.3 is 10.1 Å². The Morgan fingerprint density at radius 2 is 1.95 bits per heavy atom. The van der Waals surface area contributed by atoms with E-state index in [1.54, 1.807) is 0 Å². The van der Waals surface area contributed by atoms with Crippen LogP contribution in [-0.2, 0) is 4.74 Å². The molecule has 110 valence electrons. The molecule has 3 atom stereocenters. The summed E-state index contributed by atoms with van der Waals surface area (Å²) in [6.07, 6.45) is 12.6. The maximum atomic E-state index is 6.63. The van der Waals surface area contributed by atoms with Crippen LogP contribution in [0.4, 0.5) is 0 Å². The van der Waals surface area contributed by atoms with Crippen LogP contribution in [0.3, 0.4) is 0 Å². The van der Waals surface area contributed by atoms with Gasteiger partial charge in [-0.05, 0) is 56.8 Å². The zero-order chi connectivity index (χ0) is 13.3. The lowest BCUT2D eigenvalue weighted by Crippen LogP contribution is -2.61. The fourth-order valence-electron chi connectivity index (χ4n) is 4.52. The molecule has 1 heterocycles. The minimum atomic E-state index is 0.200. The van der Waals surface area contributed by atoms with E-state index in [2.05, 4.69) is 19.2 Å². The largest absolute Gasteiger partial charge is 0.369 e. The first kappa shape index (κ1) is 13.9. The van der Waals surface area contributed by atoms with E-state index in [0.29, 0.717) is 12.1 Å². The average molecular weight is 265 g/mol. The molecular formula is C17H31NO. The van der Waals surface area contributed by atoms with Crippen molar-refractivity contribution in [3.8, 4) is 0 Å². The first-order chi connectivity index (χ1) is 9.21. The standard InChI is InChI=1S/C17H31NO/c1-3-4-14-5-6-16-15(11-14)18-12-17(19-16)9-7-13(2)8-10-17/h13-16,18H,3-12H2,1-2H3. The van der Waals surface area contributed by atoms with Gasteiger partial charge in [0.25, 0.3) is 0 Å². The fourth-order valence-corrected chi connectivity index (χ4v) is 4.52. The van der Waals surface area contributed by atoms with Crippen LogP contribution < -0.4 is 5.32 Å². The molecule has 1 spiro atoms. The summed E-state index contributed by atoms with van der Waals surface area (Å²) in [5, 5.41) is 3.86. The Bertz CT molecular complexity index is 296. The summed E-state index contributed by atoms with van der Waals surface area (Å²) >= 11 is 0. The molecule has 0 aromatic heterocycles. The number of nitrogens with one attached hydrogen (secondary N) is 1. The number of ether oxygens (including phenoxy) is 1. The van der Waals surface area contributed by atoms with Gasteiger partial charge >= 0.3 is 0 Å². The Balaban J connectivity index is 1.57. The molecule has 3 unspecified atom stereocenters. The van der Waals surface area contributed by atoms with Gasteiger partial charge in [-0.2, -0.15) is 0 Å². The van der Waals surface area contributed by atoms with Gasteiger partial charge in [-0.1, -0.05) is 26.7 Å². The van der Waals surface area contributed by atoms with Crippen molar-refractivity contribution in [2.45, 2.75) is 89.4 Å². The maximum absolute atomic E-state index is 6.63. The molecule has 0 bridgehead atoms. The number of hydrogen-bond acceptors (Lipinski definition) is 2. The van der Waals surface area contributed by atoms with Crippen LogP contribution in [0.5, 0.6) is 0 Å². The molecule has 3 rings (SSSR count). The fraction of sp³-hybridized carbons (Fsp3) is 1.00. The van der Waals surface area contributed by atoms with Crippen LogP contribution in [-0.4, -0.2) is 24.3 Å². The monoisotopic (exact) mass is 265 g/mol. The van der Waals surface area contributed by atoms with E-state index in [1.165, 1.54) is 57.8 Å². The van der Waals surface area contributed by atoms with Gasteiger partial charge in [0.2, 0.25) is 0 Å². The van der Waals surface area contributed by atoms with Crippen molar-refractivity contribution >= 4 is 0 Å². The molecule has 2 nitrogen and oxygen atoms in total. The van der Waals surface area contributed by atoms with E-state index < -0.39 is 0 Å². The number of rotatable bonds is 2. The Hall–Kier alpha value is -0.0800. The molecule has 0 aromatic rings. The maximum Gasteiger partial charge on any atom is 0.0811 e. The van der Waals surface area contributed by atoms with E-state index in [9.17, 15) is 0 Å². The predicted octanol–water partition coefficient (Wildman–Crippen LogP) is 3.89. The lowest BCUT2D eigenvalue weighted by molar-refractivity contribution is -0.167. The van der Waals surface area contributed by atoms with Gasteiger partial charge in [0, 0.05) is 12.6 Å². The summed E-state index contributed by atoms with van der Waals surface area (Å²) in [6.45, 7) is 5.82. The predicted molar refractivity (Wildman–Crippen MR) is 79.3 cm³/mol. The van der Waals surface area contributed by atoms with E-state index in [0.717, 1.165) is 18.4 Å². The van der Waals surface area contributed by atoms with Crippen molar-refractivity contribution in [1.82, 2.24) is 5.32 Å². The molecule has 0 amide bonds. The third-order valence-electron chi connectivity index (χ3n) is 5.87. The molecule has 2 saturated carbocycles. The zero-order valence-corrected chi connectivity index (χ0v) is 12.8. The first-order valence-electron chi connectivity index (χ1n) is 8.62. The molecule has 0 radical (unpaired) electrons. The van der Waals surface area contributed by atoms with Gasteiger partial charge in [0.15, 0.2) is 0 Å². The second-order valence-corrected chi connectivity index (χ2v) is 7.48. The Morgan fingerprint density at radius 1 is 1.16 bits per heavy atom. The molecule has 2 aliphatic carbocycles. The van der Waals surface area contributed by atoms with Crippen LogP contribution in [0.25, 0.3) is 0 Å². The minimum Gasteiger partial charge on any atom is -0.369 e. The summed E-state index contributed by atoms with van der Waals surface area (Å²) in [4.78, 5) is 0. The third kappa shape index (κ3) is 3.00. The van der Waals surface area contributed by atoms with Crippen LogP contribution in [0, 0.1) is 11.8 Å². The molecule has 3 fully saturated rings. The summed E-state index contributed by atoms with van der Waals surface area (Å²) in [5.41, 5.74) is 0.200. The molecule has 2 heteroatoms. The van der Waals surface area contributed by atoms with E-state index in [1.807, 2.05) is 0 Å². The van der Waals surface area contributed by atoms with Crippen LogP contribution in [0.15, 0.2) is 0 Å². The molecule has 19 heavy (non-hydrogen) atoms. The van der Waals surface area contributed by atoms with Crippen LogP contribution in [0.1, 0.15) is 71.6 Å². The quantitative estimate of drug-likeness (QED) is 0.818. The first-order valence-corrected chi connectivity index (χ1v) is 8.62. The summed E-state index contributed by atoms with van der Waals surface area (Å²) in [5.74, 6) is 1.86. The number of hydrogen-bond donors (Lipinski definition) is 1. The smallest absolute Gasteiger partial charge is 0.0811 e. The molecule has 1 aliphatic heterocycles. The summed E-state index contributed by atoms with van der Waals surface area (Å²) in [7, 11) is 0. The van der Waals surface area contributed by atoms with Crippen molar-refractivity contribution in [2.75, 3.05) is 6.54 Å². The van der Waals surface area contributed by atoms with Gasteiger partial charge in [-0.3, -0.25) is 0 Å². The van der Waals surface area contributed by atoms with Crippen molar-refractivity contribution in [3.05, 3.63) is 0 Å². The number of fused-ring (bicyclic) bond motifs is 1. The normalized spacial score (nSPS) is 47.1. The summed E-state index contributed by atoms with van der Waals surface area (Å²) in [6, 6.07) is 0.648.